The highest BCUT2D eigenvalue weighted by molar-refractivity contribution is 5.14. The van der Waals surface area contributed by atoms with Crippen LogP contribution in [-0.4, -0.2) is 25.4 Å². The number of hydrogen-bond donors (Lipinski definition) is 1. The third-order valence-corrected chi connectivity index (χ3v) is 2.35. The van der Waals surface area contributed by atoms with Gasteiger partial charge in [-0.25, -0.2) is 0 Å². The Balaban J connectivity index is 2.24. The van der Waals surface area contributed by atoms with Gasteiger partial charge in [0.05, 0.1) is 0 Å². The molecule has 0 aromatic heterocycles. The highest BCUT2D eigenvalue weighted by Gasteiger charge is 2.39. The first-order chi connectivity index (χ1) is 8.04. The van der Waals surface area contributed by atoms with Gasteiger partial charge in [-0.2, -0.15) is 13.2 Å². The van der Waals surface area contributed by atoms with Crippen molar-refractivity contribution in [1.29, 1.82) is 0 Å². The molecule has 0 aliphatic carbocycles. The standard InChI is InChI=1S/C12H16F3NO/c13-12(14,15)11(9-16)17-8-4-7-10-5-2-1-3-6-10/h1-3,5-6,11H,4,7-9,16H2. The van der Waals surface area contributed by atoms with Crippen molar-refractivity contribution in [1.82, 2.24) is 0 Å². The molecular formula is C12H16F3NO. The van der Waals surface area contributed by atoms with Crippen LogP contribution in [0.3, 0.4) is 0 Å². The normalized spacial score (nSPS) is 13.6. The van der Waals surface area contributed by atoms with Crippen LogP contribution in [0, 0.1) is 0 Å². The van der Waals surface area contributed by atoms with Crippen molar-refractivity contribution in [3.05, 3.63) is 35.9 Å². The molecule has 5 heteroatoms. The first-order valence-electron chi connectivity index (χ1n) is 5.46. The predicted octanol–water partition coefficient (Wildman–Crippen LogP) is 2.53. The number of nitrogens with two attached hydrogens (primary N) is 1. The summed E-state index contributed by atoms with van der Waals surface area (Å²) in [5, 5.41) is 0. The van der Waals surface area contributed by atoms with E-state index in [0.29, 0.717) is 12.8 Å². The Hall–Kier alpha value is -1.07. The van der Waals surface area contributed by atoms with Crippen LogP contribution in [0.5, 0.6) is 0 Å². The molecule has 17 heavy (non-hydrogen) atoms. The molecule has 1 unspecified atom stereocenters. The van der Waals surface area contributed by atoms with Crippen LogP contribution in [-0.2, 0) is 11.2 Å². The van der Waals surface area contributed by atoms with E-state index in [4.69, 9.17) is 10.5 Å². The van der Waals surface area contributed by atoms with E-state index >= 15 is 0 Å². The maximum atomic E-state index is 12.3. The average Bonchev–Trinajstić information content (AvgIpc) is 2.28. The summed E-state index contributed by atoms with van der Waals surface area (Å²) < 4.78 is 41.5. The van der Waals surface area contributed by atoms with Crippen LogP contribution in [0.1, 0.15) is 12.0 Å². The van der Waals surface area contributed by atoms with Gasteiger partial charge in [-0.15, -0.1) is 0 Å². The van der Waals surface area contributed by atoms with Crippen LogP contribution in [0.15, 0.2) is 30.3 Å². The second-order valence-corrected chi connectivity index (χ2v) is 3.73. The molecular weight excluding hydrogens is 231 g/mol. The lowest BCUT2D eigenvalue weighted by Gasteiger charge is -2.18. The molecule has 0 saturated carbocycles. The molecule has 0 aliphatic rings. The smallest absolute Gasteiger partial charge is 0.367 e. The van der Waals surface area contributed by atoms with Crippen molar-refractivity contribution in [3.63, 3.8) is 0 Å². The third kappa shape index (κ3) is 5.19. The summed E-state index contributed by atoms with van der Waals surface area (Å²) in [4.78, 5) is 0. The summed E-state index contributed by atoms with van der Waals surface area (Å²) in [6.45, 7) is -0.467. The number of hydrogen-bond acceptors (Lipinski definition) is 2. The molecule has 1 atom stereocenters. The van der Waals surface area contributed by atoms with Crippen molar-refractivity contribution < 1.29 is 17.9 Å². The van der Waals surface area contributed by atoms with Crippen LogP contribution >= 0.6 is 0 Å². The fourth-order valence-corrected chi connectivity index (χ4v) is 1.44. The van der Waals surface area contributed by atoms with E-state index in [1.54, 1.807) is 0 Å². The van der Waals surface area contributed by atoms with Crippen molar-refractivity contribution >= 4 is 0 Å². The number of rotatable bonds is 6. The Labute approximate surface area is 98.6 Å². The molecule has 0 spiro atoms. The van der Waals surface area contributed by atoms with Gasteiger partial charge in [0, 0.05) is 13.2 Å². The first kappa shape index (κ1) is 14.0. The Morgan fingerprint density at radius 3 is 2.35 bits per heavy atom. The van der Waals surface area contributed by atoms with Gasteiger partial charge in [-0.1, -0.05) is 30.3 Å². The molecule has 0 amide bonds. The van der Waals surface area contributed by atoms with E-state index in [-0.39, 0.29) is 6.61 Å². The van der Waals surface area contributed by atoms with Gasteiger partial charge in [0.15, 0.2) is 6.10 Å². The molecule has 2 N–H and O–H groups in total. The highest BCUT2D eigenvalue weighted by Crippen LogP contribution is 2.22. The molecule has 2 nitrogen and oxygen atoms in total. The van der Waals surface area contributed by atoms with Crippen LogP contribution in [0.4, 0.5) is 13.2 Å². The van der Waals surface area contributed by atoms with E-state index in [0.717, 1.165) is 5.56 Å². The lowest BCUT2D eigenvalue weighted by atomic mass is 10.1. The lowest BCUT2D eigenvalue weighted by molar-refractivity contribution is -0.216. The molecule has 96 valence electrons. The fraction of sp³-hybridized carbons (Fsp3) is 0.500. The quantitative estimate of drug-likeness (QED) is 0.784. The van der Waals surface area contributed by atoms with E-state index in [2.05, 4.69) is 0 Å². The topological polar surface area (TPSA) is 35.2 Å². The van der Waals surface area contributed by atoms with Crippen molar-refractivity contribution in [3.8, 4) is 0 Å². The van der Waals surface area contributed by atoms with Crippen molar-refractivity contribution in [2.24, 2.45) is 5.73 Å². The Morgan fingerprint density at radius 1 is 1.18 bits per heavy atom. The number of benzene rings is 1. The minimum atomic E-state index is -4.37. The minimum absolute atomic E-state index is 0.0657. The van der Waals surface area contributed by atoms with Crippen LogP contribution in [0.2, 0.25) is 0 Å². The molecule has 0 aliphatic heterocycles. The summed E-state index contributed by atoms with van der Waals surface area (Å²) in [5.74, 6) is 0. The molecule has 0 radical (unpaired) electrons. The third-order valence-electron chi connectivity index (χ3n) is 2.35. The van der Waals surface area contributed by atoms with E-state index < -0.39 is 18.8 Å². The maximum absolute atomic E-state index is 12.3. The number of ether oxygens (including phenoxy) is 1. The van der Waals surface area contributed by atoms with Gasteiger partial charge < -0.3 is 10.5 Å². The number of alkyl halides is 3. The summed E-state index contributed by atoms with van der Waals surface area (Å²) in [5.41, 5.74) is 6.10. The monoisotopic (exact) mass is 247 g/mol. The van der Waals surface area contributed by atoms with Crippen LogP contribution in [0.25, 0.3) is 0 Å². The Morgan fingerprint density at radius 2 is 1.82 bits per heavy atom. The predicted molar refractivity (Wildman–Crippen MR) is 59.6 cm³/mol. The van der Waals surface area contributed by atoms with Gasteiger partial charge >= 0.3 is 6.18 Å². The molecule has 0 saturated heterocycles. The van der Waals surface area contributed by atoms with Crippen LogP contribution < -0.4 is 5.73 Å². The van der Waals surface area contributed by atoms with Gasteiger partial charge in [-0.3, -0.25) is 0 Å². The second kappa shape index (κ2) is 6.61. The number of halogens is 3. The Kier molecular flexibility index (Phi) is 5.44. The molecule has 0 heterocycles. The largest absolute Gasteiger partial charge is 0.415 e. The van der Waals surface area contributed by atoms with Gasteiger partial charge in [0.25, 0.3) is 0 Å². The first-order valence-corrected chi connectivity index (χ1v) is 5.46. The number of aryl methyl sites for hydroxylation is 1. The van der Waals surface area contributed by atoms with E-state index in [1.165, 1.54) is 0 Å². The highest BCUT2D eigenvalue weighted by atomic mass is 19.4. The minimum Gasteiger partial charge on any atom is -0.367 e. The lowest BCUT2D eigenvalue weighted by Crippen LogP contribution is -2.38. The van der Waals surface area contributed by atoms with Gasteiger partial charge in [0.2, 0.25) is 0 Å². The van der Waals surface area contributed by atoms with E-state index in [9.17, 15) is 13.2 Å². The zero-order valence-corrected chi connectivity index (χ0v) is 9.41. The summed E-state index contributed by atoms with van der Waals surface area (Å²) in [7, 11) is 0. The molecule has 1 rings (SSSR count). The molecule has 1 aromatic carbocycles. The van der Waals surface area contributed by atoms with Gasteiger partial charge in [-0.05, 0) is 18.4 Å². The molecule has 0 bridgehead atoms. The Bertz CT molecular complexity index is 313. The zero-order valence-electron chi connectivity index (χ0n) is 9.41. The SMILES string of the molecule is NCC(OCCCc1ccccc1)C(F)(F)F. The van der Waals surface area contributed by atoms with Gasteiger partial charge in [0.1, 0.15) is 0 Å². The summed E-state index contributed by atoms with van der Waals surface area (Å²) in [6, 6.07) is 9.56. The summed E-state index contributed by atoms with van der Waals surface area (Å²) >= 11 is 0. The molecule has 1 aromatic rings. The second-order valence-electron chi connectivity index (χ2n) is 3.73. The maximum Gasteiger partial charge on any atom is 0.415 e. The fourth-order valence-electron chi connectivity index (χ4n) is 1.44. The van der Waals surface area contributed by atoms with Crippen molar-refractivity contribution in [2.45, 2.75) is 25.1 Å². The molecule has 0 fully saturated rings. The van der Waals surface area contributed by atoms with E-state index in [1.807, 2.05) is 30.3 Å². The summed E-state index contributed by atoms with van der Waals surface area (Å²) in [6.07, 6.45) is -4.97. The average molecular weight is 247 g/mol. The zero-order chi connectivity index (χ0) is 12.7. The van der Waals surface area contributed by atoms with Crippen molar-refractivity contribution in [2.75, 3.05) is 13.2 Å².